The molecule has 10 heavy (non-hydrogen) atoms. The highest BCUT2D eigenvalue weighted by molar-refractivity contribution is 5.73. The van der Waals surface area contributed by atoms with E-state index in [1.54, 1.807) is 7.05 Å². The van der Waals surface area contributed by atoms with Crippen molar-refractivity contribution in [3.8, 4) is 0 Å². The summed E-state index contributed by atoms with van der Waals surface area (Å²) >= 11 is 0. The number of nitrogens with zero attached hydrogens (tertiary/aromatic N) is 1. The number of aliphatic hydroxyl groups excluding tert-OH is 1. The summed E-state index contributed by atoms with van der Waals surface area (Å²) in [6, 6.07) is -0.491. The van der Waals surface area contributed by atoms with Crippen molar-refractivity contribution in [1.29, 1.82) is 0 Å². The Kier molecular flexibility index (Phi) is 1.92. The molecule has 4 nitrogen and oxygen atoms in total. The van der Waals surface area contributed by atoms with Crippen molar-refractivity contribution in [2.45, 2.75) is 25.1 Å². The van der Waals surface area contributed by atoms with E-state index in [4.69, 9.17) is 10.2 Å². The van der Waals surface area contributed by atoms with E-state index in [-0.39, 0.29) is 0 Å². The SMILES string of the molecule is CN1C(O)CC[C@H]1C(=O)O. The molecular formula is C6H11NO3. The van der Waals surface area contributed by atoms with E-state index >= 15 is 0 Å². The lowest BCUT2D eigenvalue weighted by Crippen LogP contribution is -2.37. The lowest BCUT2D eigenvalue weighted by Gasteiger charge is -2.17. The molecule has 58 valence electrons. The highest BCUT2D eigenvalue weighted by Crippen LogP contribution is 2.19. The molecule has 0 radical (unpaired) electrons. The van der Waals surface area contributed by atoms with E-state index in [2.05, 4.69) is 0 Å². The lowest BCUT2D eigenvalue weighted by atomic mass is 10.2. The Morgan fingerprint density at radius 3 is 2.40 bits per heavy atom. The van der Waals surface area contributed by atoms with Gasteiger partial charge in [-0.05, 0) is 19.9 Å². The topological polar surface area (TPSA) is 60.8 Å². The Morgan fingerprint density at radius 1 is 1.60 bits per heavy atom. The van der Waals surface area contributed by atoms with Crippen LogP contribution in [0.5, 0.6) is 0 Å². The zero-order chi connectivity index (χ0) is 7.72. The molecular weight excluding hydrogens is 134 g/mol. The quantitative estimate of drug-likeness (QED) is 0.521. The van der Waals surface area contributed by atoms with Crippen LogP contribution in [0.3, 0.4) is 0 Å². The summed E-state index contributed by atoms with van der Waals surface area (Å²) in [6.07, 6.45) is 0.543. The first-order valence-electron chi connectivity index (χ1n) is 3.25. The number of hydrogen-bond donors (Lipinski definition) is 2. The third-order valence-corrected chi connectivity index (χ3v) is 1.95. The smallest absolute Gasteiger partial charge is 0.320 e. The molecule has 0 aromatic rings. The van der Waals surface area contributed by atoms with Crippen LogP contribution >= 0.6 is 0 Å². The fraction of sp³-hybridized carbons (Fsp3) is 0.833. The van der Waals surface area contributed by atoms with Gasteiger partial charge in [0.15, 0.2) is 0 Å². The van der Waals surface area contributed by atoms with Crippen molar-refractivity contribution in [1.82, 2.24) is 4.90 Å². The largest absolute Gasteiger partial charge is 0.480 e. The van der Waals surface area contributed by atoms with Gasteiger partial charge >= 0.3 is 5.97 Å². The van der Waals surface area contributed by atoms with Gasteiger partial charge in [0, 0.05) is 0 Å². The van der Waals surface area contributed by atoms with Crippen LogP contribution in [-0.4, -0.2) is 40.4 Å². The number of aliphatic hydroxyl groups is 1. The second kappa shape index (κ2) is 2.56. The van der Waals surface area contributed by atoms with Crippen molar-refractivity contribution in [2.75, 3.05) is 7.05 Å². The third kappa shape index (κ3) is 1.12. The summed E-state index contributed by atoms with van der Waals surface area (Å²) in [4.78, 5) is 11.9. The molecule has 0 aromatic carbocycles. The van der Waals surface area contributed by atoms with Gasteiger partial charge in [0.1, 0.15) is 12.3 Å². The molecule has 0 bridgehead atoms. The molecule has 1 aliphatic heterocycles. The molecule has 1 heterocycles. The molecule has 1 unspecified atom stereocenters. The zero-order valence-electron chi connectivity index (χ0n) is 5.82. The van der Waals surface area contributed by atoms with Gasteiger partial charge in [-0.1, -0.05) is 0 Å². The Balaban J connectivity index is 2.57. The predicted molar refractivity (Wildman–Crippen MR) is 34.4 cm³/mol. The molecule has 2 N–H and O–H groups in total. The highest BCUT2D eigenvalue weighted by Gasteiger charge is 2.33. The van der Waals surface area contributed by atoms with Gasteiger partial charge in [0.05, 0.1) is 0 Å². The second-order valence-electron chi connectivity index (χ2n) is 2.58. The monoisotopic (exact) mass is 145 g/mol. The Labute approximate surface area is 59.1 Å². The molecule has 2 atom stereocenters. The number of likely N-dealkylation sites (N-methyl/N-ethyl adjacent to an activating group) is 1. The number of rotatable bonds is 1. The van der Waals surface area contributed by atoms with E-state index in [9.17, 15) is 4.79 Å². The summed E-state index contributed by atoms with van der Waals surface area (Å²) in [5.41, 5.74) is 0. The van der Waals surface area contributed by atoms with E-state index in [0.717, 1.165) is 0 Å². The first-order valence-corrected chi connectivity index (χ1v) is 3.25. The molecule has 0 amide bonds. The predicted octanol–water partition coefficient (Wildman–Crippen LogP) is -0.516. The maximum absolute atomic E-state index is 10.4. The van der Waals surface area contributed by atoms with E-state index in [0.29, 0.717) is 12.8 Å². The van der Waals surface area contributed by atoms with Gasteiger partial charge in [-0.25, -0.2) is 0 Å². The van der Waals surface area contributed by atoms with Crippen LogP contribution < -0.4 is 0 Å². The fourth-order valence-electron chi connectivity index (χ4n) is 1.22. The average Bonchev–Trinajstić information content (AvgIpc) is 2.14. The molecule has 1 aliphatic rings. The van der Waals surface area contributed by atoms with Crippen LogP contribution in [0.4, 0.5) is 0 Å². The summed E-state index contributed by atoms with van der Waals surface area (Å²) in [6.45, 7) is 0. The van der Waals surface area contributed by atoms with Gasteiger partial charge in [-0.2, -0.15) is 0 Å². The van der Waals surface area contributed by atoms with Crippen LogP contribution in [0.2, 0.25) is 0 Å². The third-order valence-electron chi connectivity index (χ3n) is 1.95. The molecule has 1 saturated heterocycles. The van der Waals surface area contributed by atoms with Gasteiger partial charge in [-0.3, -0.25) is 9.69 Å². The molecule has 1 rings (SSSR count). The normalized spacial score (nSPS) is 34.6. The van der Waals surface area contributed by atoms with Crippen molar-refractivity contribution >= 4 is 5.97 Å². The summed E-state index contributed by atoms with van der Waals surface area (Å²) in [5, 5.41) is 17.6. The summed E-state index contributed by atoms with van der Waals surface area (Å²) in [7, 11) is 1.62. The Bertz CT molecular complexity index is 148. The minimum Gasteiger partial charge on any atom is -0.480 e. The molecule has 0 spiro atoms. The number of carboxylic acids is 1. The van der Waals surface area contributed by atoms with E-state index < -0.39 is 18.2 Å². The highest BCUT2D eigenvalue weighted by atomic mass is 16.4. The minimum atomic E-state index is -0.848. The summed E-state index contributed by atoms with van der Waals surface area (Å²) in [5.74, 6) is -0.848. The van der Waals surface area contributed by atoms with Crippen LogP contribution in [0.25, 0.3) is 0 Å². The first kappa shape index (κ1) is 7.50. The van der Waals surface area contributed by atoms with Gasteiger partial charge < -0.3 is 10.2 Å². The van der Waals surface area contributed by atoms with Crippen molar-refractivity contribution in [3.05, 3.63) is 0 Å². The number of aliphatic carboxylic acids is 1. The van der Waals surface area contributed by atoms with Crippen LogP contribution in [0.15, 0.2) is 0 Å². The molecule has 0 aliphatic carbocycles. The zero-order valence-corrected chi connectivity index (χ0v) is 5.82. The number of carboxylic acid groups (broad SMARTS) is 1. The molecule has 1 fully saturated rings. The van der Waals surface area contributed by atoms with Crippen LogP contribution in [-0.2, 0) is 4.79 Å². The Hall–Kier alpha value is -0.610. The molecule has 0 aromatic heterocycles. The van der Waals surface area contributed by atoms with Crippen LogP contribution in [0, 0.1) is 0 Å². The Morgan fingerprint density at radius 2 is 2.20 bits per heavy atom. The van der Waals surface area contributed by atoms with Crippen LogP contribution in [0.1, 0.15) is 12.8 Å². The van der Waals surface area contributed by atoms with Crippen molar-refractivity contribution < 1.29 is 15.0 Å². The number of carbonyl (C=O) groups is 1. The van der Waals surface area contributed by atoms with Gasteiger partial charge in [0.25, 0.3) is 0 Å². The number of hydrogen-bond acceptors (Lipinski definition) is 3. The standard InChI is InChI=1S/C6H11NO3/c1-7-4(6(9)10)2-3-5(7)8/h4-5,8H,2-3H2,1H3,(H,9,10)/t4-,5?/m0/s1. The second-order valence-corrected chi connectivity index (χ2v) is 2.58. The lowest BCUT2D eigenvalue weighted by molar-refractivity contribution is -0.143. The first-order chi connectivity index (χ1) is 4.63. The van der Waals surface area contributed by atoms with Gasteiger partial charge in [-0.15, -0.1) is 0 Å². The minimum absolute atomic E-state index is 0.491. The fourth-order valence-corrected chi connectivity index (χ4v) is 1.22. The molecule has 4 heteroatoms. The molecule has 0 saturated carbocycles. The average molecular weight is 145 g/mol. The van der Waals surface area contributed by atoms with E-state index in [1.807, 2.05) is 0 Å². The van der Waals surface area contributed by atoms with Crippen molar-refractivity contribution in [3.63, 3.8) is 0 Å². The number of likely N-dealkylation sites (tertiary alicyclic amines) is 1. The van der Waals surface area contributed by atoms with Crippen molar-refractivity contribution in [2.24, 2.45) is 0 Å². The maximum Gasteiger partial charge on any atom is 0.320 e. The maximum atomic E-state index is 10.4. The summed E-state index contributed by atoms with van der Waals surface area (Å²) < 4.78 is 0. The van der Waals surface area contributed by atoms with Gasteiger partial charge in [0.2, 0.25) is 0 Å². The van der Waals surface area contributed by atoms with E-state index in [1.165, 1.54) is 4.90 Å².